The van der Waals surface area contributed by atoms with Crippen LogP contribution in [0.1, 0.15) is 17.7 Å². The SMILES string of the molecule is Cc1nc(NCC2CNCCCO2)ccc1C#N.O=C(O)C(F)(F)F. The van der Waals surface area contributed by atoms with Crippen LogP contribution >= 0.6 is 0 Å². The molecule has 0 aliphatic carbocycles. The van der Waals surface area contributed by atoms with Crippen molar-refractivity contribution >= 4 is 11.8 Å². The summed E-state index contributed by atoms with van der Waals surface area (Å²) in [7, 11) is 0. The molecule has 1 atom stereocenters. The normalized spacial score (nSPS) is 17.5. The molecule has 1 aliphatic rings. The first-order valence-electron chi connectivity index (χ1n) is 7.48. The number of aryl methyl sites for hydroxylation is 1. The molecule has 2 rings (SSSR count). The van der Waals surface area contributed by atoms with E-state index in [1.54, 1.807) is 6.07 Å². The molecule has 1 aromatic rings. The van der Waals surface area contributed by atoms with Crippen LogP contribution in [0.4, 0.5) is 19.0 Å². The average molecular weight is 360 g/mol. The molecule has 0 aromatic carbocycles. The minimum absolute atomic E-state index is 0.172. The number of carboxylic acid groups (broad SMARTS) is 1. The van der Waals surface area contributed by atoms with Crippen molar-refractivity contribution < 1.29 is 27.8 Å². The van der Waals surface area contributed by atoms with Crippen LogP contribution in [0.5, 0.6) is 0 Å². The molecule has 25 heavy (non-hydrogen) atoms. The summed E-state index contributed by atoms with van der Waals surface area (Å²) in [6.07, 6.45) is -3.85. The fraction of sp³-hybridized carbons (Fsp3) is 0.533. The van der Waals surface area contributed by atoms with Crippen molar-refractivity contribution in [3.05, 3.63) is 23.4 Å². The van der Waals surface area contributed by atoms with Crippen LogP contribution in [0, 0.1) is 18.3 Å². The maximum absolute atomic E-state index is 10.6. The minimum atomic E-state index is -5.08. The summed E-state index contributed by atoms with van der Waals surface area (Å²) >= 11 is 0. The van der Waals surface area contributed by atoms with E-state index in [0.29, 0.717) is 5.56 Å². The number of nitrogens with one attached hydrogen (secondary N) is 2. The maximum atomic E-state index is 10.6. The molecule has 0 radical (unpaired) electrons. The summed E-state index contributed by atoms with van der Waals surface area (Å²) in [4.78, 5) is 13.2. The van der Waals surface area contributed by atoms with E-state index < -0.39 is 12.1 Å². The van der Waals surface area contributed by atoms with E-state index >= 15 is 0 Å². The lowest BCUT2D eigenvalue weighted by Gasteiger charge is -2.16. The van der Waals surface area contributed by atoms with Gasteiger partial charge in [0.1, 0.15) is 11.9 Å². The number of hydrogen-bond acceptors (Lipinski definition) is 6. The number of carboxylic acids is 1. The smallest absolute Gasteiger partial charge is 0.475 e. The van der Waals surface area contributed by atoms with E-state index in [2.05, 4.69) is 21.7 Å². The molecule has 0 bridgehead atoms. The van der Waals surface area contributed by atoms with Gasteiger partial charge in [0.25, 0.3) is 0 Å². The number of anilines is 1. The van der Waals surface area contributed by atoms with E-state index in [0.717, 1.165) is 44.2 Å². The quantitative estimate of drug-likeness (QED) is 0.753. The van der Waals surface area contributed by atoms with Gasteiger partial charge in [-0.3, -0.25) is 0 Å². The second-order valence-corrected chi connectivity index (χ2v) is 5.18. The lowest BCUT2D eigenvalue weighted by atomic mass is 10.2. The Morgan fingerprint density at radius 3 is 2.80 bits per heavy atom. The van der Waals surface area contributed by atoms with Gasteiger partial charge in [-0.15, -0.1) is 0 Å². The lowest BCUT2D eigenvalue weighted by molar-refractivity contribution is -0.192. The van der Waals surface area contributed by atoms with E-state index in [-0.39, 0.29) is 6.10 Å². The fourth-order valence-corrected chi connectivity index (χ4v) is 1.90. The summed E-state index contributed by atoms with van der Waals surface area (Å²) in [5.41, 5.74) is 1.37. The highest BCUT2D eigenvalue weighted by molar-refractivity contribution is 5.73. The monoisotopic (exact) mass is 360 g/mol. The van der Waals surface area contributed by atoms with Crippen molar-refractivity contribution in [3.63, 3.8) is 0 Å². The Kier molecular flexibility index (Phi) is 8.10. The molecular formula is C15H19F3N4O3. The summed E-state index contributed by atoms with van der Waals surface area (Å²) in [5.74, 6) is -1.97. The Bertz CT molecular complexity index is 609. The molecule has 1 aromatic heterocycles. The molecule has 3 N–H and O–H groups in total. The van der Waals surface area contributed by atoms with Gasteiger partial charge in [0, 0.05) is 19.7 Å². The first-order valence-corrected chi connectivity index (χ1v) is 7.48. The molecule has 7 nitrogen and oxygen atoms in total. The number of rotatable bonds is 3. The standard InChI is InChI=1S/C13H18N4O.C2HF3O2/c1-10-11(7-14)3-4-13(17-10)16-9-12-8-15-5-2-6-18-12;3-2(4,5)1(6)7/h3-4,12,15H,2,5-6,8-9H2,1H3,(H,16,17);(H,6,7). The number of nitriles is 1. The van der Waals surface area contributed by atoms with Crippen LogP contribution in [0.25, 0.3) is 0 Å². The van der Waals surface area contributed by atoms with Gasteiger partial charge in [-0.05, 0) is 32.0 Å². The van der Waals surface area contributed by atoms with Gasteiger partial charge in [0.2, 0.25) is 0 Å². The predicted molar refractivity (Wildman–Crippen MR) is 83.1 cm³/mol. The zero-order valence-electron chi connectivity index (χ0n) is 13.6. The number of carbonyl (C=O) groups is 1. The van der Waals surface area contributed by atoms with E-state index in [4.69, 9.17) is 19.9 Å². The van der Waals surface area contributed by atoms with Crippen molar-refractivity contribution in [1.29, 1.82) is 5.26 Å². The number of alkyl halides is 3. The molecule has 0 amide bonds. The van der Waals surface area contributed by atoms with Crippen LogP contribution < -0.4 is 10.6 Å². The van der Waals surface area contributed by atoms with Gasteiger partial charge in [0.05, 0.1) is 17.4 Å². The van der Waals surface area contributed by atoms with Crippen LogP contribution in [-0.2, 0) is 9.53 Å². The highest BCUT2D eigenvalue weighted by Gasteiger charge is 2.38. The van der Waals surface area contributed by atoms with Crippen molar-refractivity contribution in [3.8, 4) is 6.07 Å². The third kappa shape index (κ3) is 7.82. The molecule has 1 aliphatic heterocycles. The topological polar surface area (TPSA) is 107 Å². The fourth-order valence-electron chi connectivity index (χ4n) is 1.90. The number of aromatic nitrogens is 1. The van der Waals surface area contributed by atoms with Crippen molar-refractivity contribution in [1.82, 2.24) is 10.3 Å². The van der Waals surface area contributed by atoms with E-state index in [9.17, 15) is 13.2 Å². The molecule has 2 heterocycles. The first kappa shape index (κ1) is 20.7. The molecular weight excluding hydrogens is 341 g/mol. The third-order valence-corrected chi connectivity index (χ3v) is 3.18. The van der Waals surface area contributed by atoms with Gasteiger partial charge in [-0.2, -0.15) is 18.4 Å². The Balaban J connectivity index is 0.000000381. The summed E-state index contributed by atoms with van der Waals surface area (Å²) in [6.45, 7) is 5.25. The highest BCUT2D eigenvalue weighted by atomic mass is 19.4. The van der Waals surface area contributed by atoms with Crippen LogP contribution in [-0.4, -0.2) is 54.6 Å². The summed E-state index contributed by atoms with van der Waals surface area (Å²) in [6, 6.07) is 5.73. The number of hydrogen-bond donors (Lipinski definition) is 3. The molecule has 0 saturated carbocycles. The third-order valence-electron chi connectivity index (χ3n) is 3.18. The minimum Gasteiger partial charge on any atom is -0.475 e. The Labute approximate surface area is 142 Å². The van der Waals surface area contributed by atoms with Crippen molar-refractivity contribution in [2.75, 3.05) is 31.6 Å². The molecule has 1 unspecified atom stereocenters. The lowest BCUT2D eigenvalue weighted by Crippen LogP contribution is -2.32. The summed E-state index contributed by atoms with van der Waals surface area (Å²) in [5, 5.41) is 22.5. The molecule has 10 heteroatoms. The van der Waals surface area contributed by atoms with Crippen LogP contribution in [0.2, 0.25) is 0 Å². The maximum Gasteiger partial charge on any atom is 0.490 e. The van der Waals surface area contributed by atoms with Crippen molar-refractivity contribution in [2.24, 2.45) is 0 Å². The highest BCUT2D eigenvalue weighted by Crippen LogP contribution is 2.13. The number of halogens is 3. The van der Waals surface area contributed by atoms with Gasteiger partial charge in [0.15, 0.2) is 0 Å². The molecule has 0 spiro atoms. The van der Waals surface area contributed by atoms with E-state index in [1.807, 2.05) is 13.0 Å². The summed E-state index contributed by atoms with van der Waals surface area (Å²) < 4.78 is 37.4. The number of pyridine rings is 1. The number of ether oxygens (including phenoxy) is 1. The average Bonchev–Trinajstić information content (AvgIpc) is 2.81. The Morgan fingerprint density at radius 2 is 2.24 bits per heavy atom. The van der Waals surface area contributed by atoms with Crippen LogP contribution in [0.15, 0.2) is 12.1 Å². The zero-order valence-corrected chi connectivity index (χ0v) is 13.6. The van der Waals surface area contributed by atoms with Gasteiger partial charge < -0.3 is 20.5 Å². The molecule has 138 valence electrons. The van der Waals surface area contributed by atoms with E-state index in [1.165, 1.54) is 0 Å². The van der Waals surface area contributed by atoms with Gasteiger partial charge >= 0.3 is 12.1 Å². The van der Waals surface area contributed by atoms with Gasteiger partial charge in [-0.25, -0.2) is 9.78 Å². The molecule has 1 saturated heterocycles. The second kappa shape index (κ2) is 9.80. The number of aliphatic carboxylic acids is 1. The molecule has 1 fully saturated rings. The predicted octanol–water partition coefficient (Wildman–Crippen LogP) is 1.69. The van der Waals surface area contributed by atoms with Gasteiger partial charge in [-0.1, -0.05) is 0 Å². The number of nitrogens with zero attached hydrogens (tertiary/aromatic N) is 2. The van der Waals surface area contributed by atoms with Crippen molar-refractivity contribution in [2.45, 2.75) is 25.6 Å². The second-order valence-electron chi connectivity index (χ2n) is 5.18. The zero-order chi connectivity index (χ0) is 18.9. The first-order chi connectivity index (χ1) is 11.7. The Hall–Kier alpha value is -2.38. The Morgan fingerprint density at radius 1 is 1.56 bits per heavy atom. The largest absolute Gasteiger partial charge is 0.490 e. The van der Waals surface area contributed by atoms with Crippen LogP contribution in [0.3, 0.4) is 0 Å².